The average Bonchev–Trinajstić information content (AvgIpc) is 2.78. The van der Waals surface area contributed by atoms with Crippen molar-refractivity contribution in [3.63, 3.8) is 0 Å². The molecule has 0 aliphatic heterocycles. The molecule has 1 aromatic carbocycles. The van der Waals surface area contributed by atoms with Gasteiger partial charge in [0.2, 0.25) is 11.7 Å². The number of rotatable bonds is 5. The molecule has 1 N–H and O–H groups in total. The Kier molecular flexibility index (Phi) is 4.54. The van der Waals surface area contributed by atoms with E-state index in [4.69, 9.17) is 32.8 Å². The van der Waals surface area contributed by atoms with Gasteiger partial charge in [-0.2, -0.15) is 4.98 Å². The molecule has 0 fully saturated rings. The summed E-state index contributed by atoms with van der Waals surface area (Å²) in [5, 5.41) is 13.6. The highest BCUT2D eigenvalue weighted by Crippen LogP contribution is 2.29. The van der Waals surface area contributed by atoms with E-state index in [0.717, 1.165) is 0 Å². The number of hydrogen-bond acceptors (Lipinski definition) is 4. The summed E-state index contributed by atoms with van der Waals surface area (Å²) in [6.07, 6.45) is 0.408. The summed E-state index contributed by atoms with van der Waals surface area (Å²) in [5.41, 5.74) is 0.225. The predicted octanol–water partition coefficient (Wildman–Crippen LogP) is 4.09. The molecule has 112 valence electrons. The van der Waals surface area contributed by atoms with Crippen LogP contribution < -0.4 is 0 Å². The van der Waals surface area contributed by atoms with Crippen LogP contribution in [-0.2, 0) is 11.2 Å². The lowest BCUT2D eigenvalue weighted by molar-refractivity contribution is -0.139. The lowest BCUT2D eigenvalue weighted by Gasteiger charge is -2.19. The first-order valence-electron chi connectivity index (χ1n) is 6.27. The Morgan fingerprint density at radius 1 is 1.33 bits per heavy atom. The Hall–Kier alpha value is -1.59. The molecule has 2 rings (SSSR count). The van der Waals surface area contributed by atoms with Gasteiger partial charge < -0.3 is 9.63 Å². The van der Waals surface area contributed by atoms with E-state index in [-0.39, 0.29) is 6.42 Å². The van der Waals surface area contributed by atoms with Gasteiger partial charge >= 0.3 is 5.97 Å². The number of halogens is 2. The van der Waals surface area contributed by atoms with Gasteiger partial charge in [0.15, 0.2) is 0 Å². The third-order valence-electron chi connectivity index (χ3n) is 2.91. The highest BCUT2D eigenvalue weighted by molar-refractivity contribution is 6.42. The molecule has 1 heterocycles. The number of carbonyl (C=O) groups is 1. The first-order chi connectivity index (χ1) is 9.77. The van der Waals surface area contributed by atoms with Crippen molar-refractivity contribution >= 4 is 29.2 Å². The standard InChI is InChI=1S/C14H14Cl2N2O3/c1-14(2,7-12(19)20)6-11-17-13(18-21-11)8-3-4-9(15)10(16)5-8/h3-5H,6-7H2,1-2H3,(H,19,20). The fourth-order valence-electron chi connectivity index (χ4n) is 1.96. The van der Waals surface area contributed by atoms with Crippen LogP contribution in [0.4, 0.5) is 0 Å². The molecule has 0 saturated carbocycles. The summed E-state index contributed by atoms with van der Waals surface area (Å²) in [7, 11) is 0. The fraction of sp³-hybridized carbons (Fsp3) is 0.357. The summed E-state index contributed by atoms with van der Waals surface area (Å²) < 4.78 is 5.18. The minimum atomic E-state index is -0.857. The zero-order valence-corrected chi connectivity index (χ0v) is 13.1. The molecule has 0 radical (unpaired) electrons. The van der Waals surface area contributed by atoms with Gasteiger partial charge in [0.05, 0.1) is 16.5 Å². The molecule has 2 aromatic rings. The number of aromatic nitrogens is 2. The monoisotopic (exact) mass is 328 g/mol. The fourth-order valence-corrected chi connectivity index (χ4v) is 2.26. The van der Waals surface area contributed by atoms with Crippen LogP contribution in [0.1, 0.15) is 26.2 Å². The molecular weight excluding hydrogens is 315 g/mol. The molecule has 1 aromatic heterocycles. The number of nitrogens with zero attached hydrogens (tertiary/aromatic N) is 2. The molecule has 0 spiro atoms. The largest absolute Gasteiger partial charge is 0.481 e. The lowest BCUT2D eigenvalue weighted by atomic mass is 9.86. The van der Waals surface area contributed by atoms with Crippen molar-refractivity contribution in [3.8, 4) is 11.4 Å². The van der Waals surface area contributed by atoms with Gasteiger partial charge in [-0.1, -0.05) is 42.2 Å². The first-order valence-corrected chi connectivity index (χ1v) is 7.02. The quantitative estimate of drug-likeness (QED) is 0.894. The van der Waals surface area contributed by atoms with Crippen molar-refractivity contribution in [3.05, 3.63) is 34.1 Å². The van der Waals surface area contributed by atoms with Crippen LogP contribution >= 0.6 is 23.2 Å². The molecule has 0 bridgehead atoms. The van der Waals surface area contributed by atoms with Crippen LogP contribution in [0, 0.1) is 5.41 Å². The van der Waals surface area contributed by atoms with Gasteiger partial charge in [0, 0.05) is 12.0 Å². The predicted molar refractivity (Wildman–Crippen MR) is 79.5 cm³/mol. The average molecular weight is 329 g/mol. The normalized spacial score (nSPS) is 11.6. The van der Waals surface area contributed by atoms with Crippen LogP contribution in [0.25, 0.3) is 11.4 Å². The second kappa shape index (κ2) is 6.03. The van der Waals surface area contributed by atoms with Crippen molar-refractivity contribution in [1.29, 1.82) is 0 Å². The molecule has 21 heavy (non-hydrogen) atoms. The SMILES string of the molecule is CC(C)(CC(=O)O)Cc1nc(-c2ccc(Cl)c(Cl)c2)no1. The summed E-state index contributed by atoms with van der Waals surface area (Å²) >= 11 is 11.8. The smallest absolute Gasteiger partial charge is 0.303 e. The zero-order chi connectivity index (χ0) is 15.6. The van der Waals surface area contributed by atoms with E-state index >= 15 is 0 Å². The molecular formula is C14H14Cl2N2O3. The summed E-state index contributed by atoms with van der Waals surface area (Å²) in [5.74, 6) is -0.0683. The van der Waals surface area contributed by atoms with E-state index in [0.29, 0.717) is 33.7 Å². The van der Waals surface area contributed by atoms with Crippen molar-refractivity contribution in [2.24, 2.45) is 5.41 Å². The number of hydrogen-bond donors (Lipinski definition) is 1. The van der Waals surface area contributed by atoms with Gasteiger partial charge in [-0.05, 0) is 23.6 Å². The Balaban J connectivity index is 2.18. The van der Waals surface area contributed by atoms with Crippen molar-refractivity contribution in [2.45, 2.75) is 26.7 Å². The van der Waals surface area contributed by atoms with Gasteiger partial charge in [-0.15, -0.1) is 0 Å². The molecule has 5 nitrogen and oxygen atoms in total. The third kappa shape index (κ3) is 4.19. The Bertz CT molecular complexity index is 668. The molecule has 0 atom stereocenters. The van der Waals surface area contributed by atoms with Crippen LogP contribution in [0.5, 0.6) is 0 Å². The number of aliphatic carboxylic acids is 1. The molecule has 0 saturated heterocycles. The van der Waals surface area contributed by atoms with Crippen LogP contribution in [0.2, 0.25) is 10.0 Å². The van der Waals surface area contributed by atoms with Gasteiger partial charge in [0.25, 0.3) is 0 Å². The minimum absolute atomic E-state index is 0.0253. The first kappa shape index (κ1) is 15.8. The molecule has 0 aliphatic carbocycles. The van der Waals surface area contributed by atoms with Gasteiger partial charge in [-0.3, -0.25) is 4.79 Å². The number of carboxylic acids is 1. The lowest BCUT2D eigenvalue weighted by Crippen LogP contribution is -2.19. The molecule has 7 heteroatoms. The second-order valence-electron chi connectivity index (χ2n) is 5.55. The van der Waals surface area contributed by atoms with E-state index in [9.17, 15) is 4.79 Å². The molecule has 0 aliphatic rings. The summed E-state index contributed by atoms with van der Waals surface area (Å²) in [6, 6.07) is 5.05. The Morgan fingerprint density at radius 3 is 2.67 bits per heavy atom. The highest BCUT2D eigenvalue weighted by atomic mass is 35.5. The Morgan fingerprint density at radius 2 is 2.05 bits per heavy atom. The van der Waals surface area contributed by atoms with Gasteiger partial charge in [-0.25, -0.2) is 0 Å². The minimum Gasteiger partial charge on any atom is -0.481 e. The summed E-state index contributed by atoms with van der Waals surface area (Å²) in [6.45, 7) is 3.67. The van der Waals surface area contributed by atoms with E-state index in [1.165, 1.54) is 0 Å². The maximum Gasteiger partial charge on any atom is 0.303 e. The number of carboxylic acid groups (broad SMARTS) is 1. The maximum atomic E-state index is 10.8. The zero-order valence-electron chi connectivity index (χ0n) is 11.6. The van der Waals surface area contributed by atoms with E-state index in [2.05, 4.69) is 10.1 Å². The van der Waals surface area contributed by atoms with Crippen molar-refractivity contribution in [1.82, 2.24) is 10.1 Å². The van der Waals surface area contributed by atoms with E-state index < -0.39 is 11.4 Å². The summed E-state index contributed by atoms with van der Waals surface area (Å²) in [4.78, 5) is 15.1. The maximum absolute atomic E-state index is 10.8. The van der Waals surface area contributed by atoms with Gasteiger partial charge in [0.1, 0.15) is 0 Å². The number of benzene rings is 1. The topological polar surface area (TPSA) is 76.2 Å². The molecule has 0 unspecified atom stereocenters. The van der Waals surface area contributed by atoms with Crippen molar-refractivity contribution in [2.75, 3.05) is 0 Å². The van der Waals surface area contributed by atoms with Crippen molar-refractivity contribution < 1.29 is 14.4 Å². The van der Waals surface area contributed by atoms with Crippen LogP contribution in [0.15, 0.2) is 22.7 Å². The second-order valence-corrected chi connectivity index (χ2v) is 6.37. The van der Waals surface area contributed by atoms with E-state index in [1.54, 1.807) is 18.2 Å². The third-order valence-corrected chi connectivity index (χ3v) is 3.64. The van der Waals surface area contributed by atoms with Crippen LogP contribution in [0.3, 0.4) is 0 Å². The van der Waals surface area contributed by atoms with E-state index in [1.807, 2.05) is 13.8 Å². The van der Waals surface area contributed by atoms with Crippen LogP contribution in [-0.4, -0.2) is 21.2 Å². The highest BCUT2D eigenvalue weighted by Gasteiger charge is 2.25. The Labute approximate surface area is 131 Å². The molecule has 0 amide bonds.